The van der Waals surface area contributed by atoms with Gasteiger partial charge in [-0.05, 0) is 0 Å². The van der Waals surface area contributed by atoms with E-state index in [1.165, 1.54) is 0 Å². The molecule has 0 radical (unpaired) electrons. The molecule has 0 aliphatic heterocycles. The molecule has 0 nitrogen and oxygen atoms in total. The molecule has 0 heterocycles. The third kappa shape index (κ3) is 18.1. The van der Waals surface area contributed by atoms with Gasteiger partial charge >= 0.3 is 74.8 Å². The van der Waals surface area contributed by atoms with Gasteiger partial charge in [-0.15, -0.1) is 0 Å². The fraction of sp³-hybridized carbons (Fsp3) is 0. The molecule has 0 saturated carbocycles. The molecular weight excluding hydrogens is 708 g/mol. The van der Waals surface area contributed by atoms with Gasteiger partial charge in [0.2, 0.25) is 0 Å². The average molecular weight is 708 g/mol. The summed E-state index contributed by atoms with van der Waals surface area (Å²) in [5.74, 6) is 0. The molecule has 0 N–H and O–H groups in total. The summed E-state index contributed by atoms with van der Waals surface area (Å²) >= 11 is 10.3. The van der Waals surface area contributed by atoms with Crippen molar-refractivity contribution in [2.45, 2.75) is 0 Å². The topological polar surface area (TPSA) is 0 Å². The summed E-state index contributed by atoms with van der Waals surface area (Å²) in [6.07, 6.45) is 0. The standard InChI is InChI=1S/Hg.4HI/h;4*1H/q+4;;;;/p-4. The Morgan fingerprint density at radius 1 is 0.800 bits per heavy atom. The van der Waals surface area contributed by atoms with Crippen molar-refractivity contribution in [2.75, 3.05) is 0 Å². The third-order valence-corrected chi connectivity index (χ3v) is 0. The van der Waals surface area contributed by atoms with Crippen LogP contribution in [0.1, 0.15) is 0 Å². The number of halogens is 4. The van der Waals surface area contributed by atoms with E-state index in [0.29, 0.717) is 0 Å². The Morgan fingerprint density at radius 2 is 0.800 bits per heavy atom. The molecule has 0 aromatic carbocycles. The summed E-state index contributed by atoms with van der Waals surface area (Å²) in [6, 6.07) is 0. The van der Waals surface area contributed by atoms with Crippen molar-refractivity contribution in [3.8, 4) is 0 Å². The Balaban J connectivity index is 3.02. The monoisotopic (exact) mass is 710 g/mol. The molecule has 0 aliphatic carbocycles. The first-order valence-electron chi connectivity index (χ1n) is 1.07. The van der Waals surface area contributed by atoms with Crippen molar-refractivity contribution < 1.29 is 4.17 Å². The summed E-state index contributed by atoms with van der Waals surface area (Å²) < 4.78 is -1.51. The summed E-state index contributed by atoms with van der Waals surface area (Å²) in [5.41, 5.74) is 0. The Morgan fingerprint density at radius 3 is 0.800 bits per heavy atom. The molecule has 0 unspecified atom stereocenters. The van der Waals surface area contributed by atoms with E-state index in [-0.39, 0.29) is 0 Å². The molecule has 30 valence electrons. The van der Waals surface area contributed by atoms with Gasteiger partial charge in [0.1, 0.15) is 0 Å². The van der Waals surface area contributed by atoms with E-state index in [1.54, 1.807) is 0 Å². The van der Waals surface area contributed by atoms with Crippen LogP contribution in [0.15, 0.2) is 0 Å². The second-order valence-corrected chi connectivity index (χ2v) is 239. The van der Waals surface area contributed by atoms with Crippen molar-refractivity contribution in [2.24, 2.45) is 0 Å². The molecule has 5 heavy (non-hydrogen) atoms. The van der Waals surface area contributed by atoms with E-state index in [1.807, 2.05) is 0 Å². The van der Waals surface area contributed by atoms with Gasteiger partial charge in [-0.25, -0.2) is 0 Å². The summed E-state index contributed by atoms with van der Waals surface area (Å²) in [6.45, 7) is 0. The van der Waals surface area contributed by atoms with E-state index < -0.39 is 4.17 Å². The molecule has 0 spiro atoms. The Hall–Kier alpha value is 3.86. The van der Waals surface area contributed by atoms with E-state index in [9.17, 15) is 0 Å². The first kappa shape index (κ1) is 8.86. The van der Waals surface area contributed by atoms with Crippen LogP contribution < -0.4 is 0 Å². The maximum atomic E-state index is 2.57. The molecule has 0 bridgehead atoms. The van der Waals surface area contributed by atoms with E-state index in [2.05, 4.69) is 70.7 Å². The van der Waals surface area contributed by atoms with Crippen LogP contribution in [0.25, 0.3) is 0 Å². The zero-order chi connectivity index (χ0) is 4.50. The van der Waals surface area contributed by atoms with Crippen LogP contribution in [0, 0.1) is 0 Å². The zero-order valence-corrected chi connectivity index (χ0v) is 16.3. The first-order valence-corrected chi connectivity index (χ1v) is 62.9. The minimum absolute atomic E-state index is 1.51. The molecule has 0 saturated heterocycles. The predicted molar refractivity (Wildman–Crippen MR) is 56.1 cm³/mol. The number of hydrogen-bond donors (Lipinski definition) is 0. The fourth-order valence-electron chi connectivity index (χ4n) is 0. The van der Waals surface area contributed by atoms with Gasteiger partial charge in [-0.1, -0.05) is 0 Å². The van der Waals surface area contributed by atoms with Crippen molar-refractivity contribution in [3.63, 3.8) is 0 Å². The van der Waals surface area contributed by atoms with Crippen LogP contribution in [0.2, 0.25) is 0 Å². The van der Waals surface area contributed by atoms with Gasteiger partial charge in [0.25, 0.3) is 0 Å². The predicted octanol–water partition coefficient (Wildman–Crippen LogP) is 3.54. The number of rotatable bonds is 0. The van der Waals surface area contributed by atoms with Crippen molar-refractivity contribution in [1.29, 1.82) is 0 Å². The zero-order valence-electron chi connectivity index (χ0n) is 2.22. The van der Waals surface area contributed by atoms with E-state index >= 15 is 0 Å². The fourth-order valence-corrected chi connectivity index (χ4v) is 0. The SMILES string of the molecule is [I][Hg]([I])([I])[I]. The number of hydrogen-bond acceptors (Lipinski definition) is 0. The summed E-state index contributed by atoms with van der Waals surface area (Å²) in [7, 11) is 0. The van der Waals surface area contributed by atoms with Crippen LogP contribution in [0.4, 0.5) is 0 Å². The maximum absolute atomic E-state index is 2.57. The molecule has 0 fully saturated rings. The van der Waals surface area contributed by atoms with Crippen molar-refractivity contribution in [1.82, 2.24) is 0 Å². The molecule has 0 aliphatic rings. The van der Waals surface area contributed by atoms with Crippen LogP contribution in [-0.2, 0) is 4.17 Å². The van der Waals surface area contributed by atoms with Gasteiger partial charge in [0, 0.05) is 0 Å². The van der Waals surface area contributed by atoms with Gasteiger partial charge in [-0.2, -0.15) is 0 Å². The van der Waals surface area contributed by atoms with E-state index in [4.69, 9.17) is 0 Å². The summed E-state index contributed by atoms with van der Waals surface area (Å²) in [4.78, 5) is 0. The van der Waals surface area contributed by atoms with Crippen LogP contribution >= 0.6 is 70.7 Å². The summed E-state index contributed by atoms with van der Waals surface area (Å²) in [5, 5.41) is 0. The first-order chi connectivity index (χ1) is 2.00. The van der Waals surface area contributed by atoms with Gasteiger partial charge in [0.05, 0.1) is 0 Å². The van der Waals surface area contributed by atoms with Crippen LogP contribution in [0.3, 0.4) is 0 Å². The van der Waals surface area contributed by atoms with Gasteiger partial charge in [0.15, 0.2) is 0 Å². The molecule has 5 heteroatoms. The molecule has 0 amide bonds. The molecular formula is HgI4. The second-order valence-electron chi connectivity index (χ2n) is 0.606. The second kappa shape index (κ2) is 3.80. The van der Waals surface area contributed by atoms with Gasteiger partial charge < -0.3 is 0 Å². The minimum atomic E-state index is -1.51. The van der Waals surface area contributed by atoms with Crippen molar-refractivity contribution >= 4 is 70.7 Å². The molecule has 0 atom stereocenters. The Labute approximate surface area is 71.8 Å². The van der Waals surface area contributed by atoms with E-state index in [0.717, 1.165) is 0 Å². The van der Waals surface area contributed by atoms with Crippen molar-refractivity contribution in [3.05, 3.63) is 0 Å². The Bertz CT molecular complexity index is 19.1. The van der Waals surface area contributed by atoms with Crippen LogP contribution in [0.5, 0.6) is 0 Å². The molecule has 0 aromatic rings. The van der Waals surface area contributed by atoms with Crippen LogP contribution in [-0.4, -0.2) is 0 Å². The average Bonchev–Trinajstić information content (AvgIpc) is 0.722. The molecule has 0 rings (SSSR count). The normalized spacial score (nSPS) is 8.80. The Kier molecular flexibility index (Phi) is 6.73. The third-order valence-electron chi connectivity index (χ3n) is 0. The quantitative estimate of drug-likeness (QED) is 0.267. The molecule has 0 aromatic heterocycles. The van der Waals surface area contributed by atoms with Gasteiger partial charge in [-0.3, -0.25) is 0 Å².